The van der Waals surface area contributed by atoms with Crippen molar-refractivity contribution in [2.75, 3.05) is 0 Å². The van der Waals surface area contributed by atoms with Crippen molar-refractivity contribution in [1.82, 2.24) is 0 Å². The zero-order valence-electron chi connectivity index (χ0n) is 5.70. The van der Waals surface area contributed by atoms with Gasteiger partial charge in [0.15, 0.2) is 0 Å². The first-order valence-electron chi connectivity index (χ1n) is 3.02. The normalized spacial score (nSPS) is 9.30. The van der Waals surface area contributed by atoms with E-state index in [2.05, 4.69) is 0 Å². The van der Waals surface area contributed by atoms with Crippen LogP contribution in [0.4, 0.5) is 0 Å². The predicted molar refractivity (Wildman–Crippen MR) is 41.2 cm³/mol. The molecule has 2 nitrogen and oxygen atoms in total. The van der Waals surface area contributed by atoms with Crippen LogP contribution in [0, 0.1) is 0 Å². The van der Waals surface area contributed by atoms with E-state index in [9.17, 15) is 0 Å². The molecule has 0 aliphatic carbocycles. The van der Waals surface area contributed by atoms with Crippen LogP contribution in [-0.2, 0) is 0 Å². The van der Waals surface area contributed by atoms with E-state index in [-0.39, 0.29) is 11.5 Å². The fraction of sp³-hybridized carbons (Fsp3) is 0.125. The Morgan fingerprint density at radius 1 is 1.40 bits per heavy atom. The number of phenols is 1. The molecule has 0 heterocycles. The molecule has 1 N–H and O–H groups in total. The molecule has 0 fully saturated rings. The molecule has 0 aliphatic rings. The SMILES string of the molecule is CC(=[N-])c1ccccc1O. The van der Waals surface area contributed by atoms with Crippen molar-refractivity contribution in [3.8, 4) is 5.75 Å². The van der Waals surface area contributed by atoms with Gasteiger partial charge in [-0.15, -0.1) is 0 Å². The van der Waals surface area contributed by atoms with Crippen molar-refractivity contribution in [2.45, 2.75) is 6.92 Å². The van der Waals surface area contributed by atoms with Gasteiger partial charge in [-0.3, -0.25) is 0 Å². The van der Waals surface area contributed by atoms with E-state index in [1.54, 1.807) is 18.2 Å². The van der Waals surface area contributed by atoms with E-state index in [0.717, 1.165) is 0 Å². The average molecular weight is 134 g/mol. The Morgan fingerprint density at radius 3 is 2.40 bits per heavy atom. The molecule has 0 aliphatic heterocycles. The van der Waals surface area contributed by atoms with Crippen LogP contribution < -0.4 is 0 Å². The minimum Gasteiger partial charge on any atom is -0.807 e. The van der Waals surface area contributed by atoms with E-state index < -0.39 is 0 Å². The van der Waals surface area contributed by atoms with Crippen LogP contribution in [0.25, 0.3) is 5.41 Å². The Bertz CT molecular complexity index is 255. The summed E-state index contributed by atoms with van der Waals surface area (Å²) < 4.78 is 0. The summed E-state index contributed by atoms with van der Waals surface area (Å²) in [6, 6.07) is 6.66. The molecule has 0 radical (unpaired) electrons. The Balaban J connectivity index is 3.15. The van der Waals surface area contributed by atoms with Crippen molar-refractivity contribution in [3.05, 3.63) is 35.2 Å². The van der Waals surface area contributed by atoms with E-state index >= 15 is 0 Å². The molecule has 0 spiro atoms. The lowest BCUT2D eigenvalue weighted by Gasteiger charge is -2.07. The Kier molecular flexibility index (Phi) is 1.71. The number of hydrogen-bond acceptors (Lipinski definition) is 1. The highest BCUT2D eigenvalue weighted by atomic mass is 16.3. The molecule has 0 aromatic heterocycles. The summed E-state index contributed by atoms with van der Waals surface area (Å²) >= 11 is 0. The Hall–Kier alpha value is -1.31. The second-order valence-electron chi connectivity index (χ2n) is 2.10. The first kappa shape index (κ1) is 6.81. The third kappa shape index (κ3) is 1.16. The highest BCUT2D eigenvalue weighted by Gasteiger charge is 1.93. The van der Waals surface area contributed by atoms with Crippen LogP contribution >= 0.6 is 0 Å². The predicted octanol–water partition coefficient (Wildman–Crippen LogP) is 1.77. The third-order valence-corrected chi connectivity index (χ3v) is 1.29. The number of phenolic OH excluding ortho intramolecular Hbond substituents is 1. The molecule has 52 valence electrons. The zero-order valence-corrected chi connectivity index (χ0v) is 5.70. The molecule has 1 aromatic carbocycles. The van der Waals surface area contributed by atoms with E-state index in [4.69, 9.17) is 10.5 Å². The largest absolute Gasteiger partial charge is 0.807 e. The number of hydrogen-bond donors (Lipinski definition) is 1. The zero-order chi connectivity index (χ0) is 7.56. The summed E-state index contributed by atoms with van der Waals surface area (Å²) in [6.45, 7) is 1.54. The molecule has 1 rings (SSSR count). The number of para-hydroxylation sites is 1. The second kappa shape index (κ2) is 2.52. The van der Waals surface area contributed by atoms with E-state index in [1.807, 2.05) is 0 Å². The maximum atomic E-state index is 9.10. The van der Waals surface area contributed by atoms with Gasteiger partial charge in [-0.2, -0.15) is 5.71 Å². The minimum atomic E-state index is 0.113. The molecular formula is C8H8NO-. The first-order chi connectivity index (χ1) is 4.72. The maximum absolute atomic E-state index is 9.10. The summed E-state index contributed by atoms with van der Waals surface area (Å²) in [6.07, 6.45) is 0. The van der Waals surface area contributed by atoms with Gasteiger partial charge >= 0.3 is 0 Å². The summed E-state index contributed by atoms with van der Waals surface area (Å²) in [7, 11) is 0. The Morgan fingerprint density at radius 2 is 2.00 bits per heavy atom. The lowest BCUT2D eigenvalue weighted by molar-refractivity contribution is 0.474. The lowest BCUT2D eigenvalue weighted by atomic mass is 10.1. The van der Waals surface area contributed by atoms with Gasteiger partial charge < -0.3 is 10.5 Å². The van der Waals surface area contributed by atoms with Gasteiger partial charge in [-0.25, -0.2) is 0 Å². The van der Waals surface area contributed by atoms with E-state index in [0.29, 0.717) is 5.56 Å². The third-order valence-electron chi connectivity index (χ3n) is 1.29. The standard InChI is InChI=1S/C8H8NO/c1-6(9)7-4-2-3-5-8(7)10/h2-5,10H,1H3/q-1. The smallest absolute Gasteiger partial charge is 0.121 e. The summed E-state index contributed by atoms with van der Waals surface area (Å²) in [5.41, 5.74) is 0.626. The average Bonchev–Trinajstić information content (AvgIpc) is 1.88. The van der Waals surface area contributed by atoms with Crippen LogP contribution in [0.2, 0.25) is 0 Å². The molecule has 0 bridgehead atoms. The summed E-state index contributed by atoms with van der Waals surface area (Å²) in [5.74, 6) is 0.113. The number of aromatic hydroxyl groups is 1. The van der Waals surface area contributed by atoms with Gasteiger partial charge in [-0.05, 0) is 11.6 Å². The van der Waals surface area contributed by atoms with Gasteiger partial charge in [0.2, 0.25) is 0 Å². The molecule has 0 saturated heterocycles. The van der Waals surface area contributed by atoms with Crippen molar-refractivity contribution >= 4 is 5.71 Å². The summed E-state index contributed by atoms with van der Waals surface area (Å²) in [5, 5.41) is 18.1. The highest BCUT2D eigenvalue weighted by molar-refractivity contribution is 6.03. The van der Waals surface area contributed by atoms with Crippen molar-refractivity contribution in [1.29, 1.82) is 0 Å². The molecule has 0 saturated carbocycles. The summed E-state index contributed by atoms with van der Waals surface area (Å²) in [4.78, 5) is 0. The number of benzene rings is 1. The van der Waals surface area contributed by atoms with Gasteiger partial charge in [0, 0.05) is 0 Å². The fourth-order valence-corrected chi connectivity index (χ4v) is 0.780. The van der Waals surface area contributed by atoms with Crippen LogP contribution in [0.3, 0.4) is 0 Å². The highest BCUT2D eigenvalue weighted by Crippen LogP contribution is 2.15. The quantitative estimate of drug-likeness (QED) is 0.584. The van der Waals surface area contributed by atoms with Gasteiger partial charge in [0.05, 0.1) is 0 Å². The molecule has 0 amide bonds. The topological polar surface area (TPSA) is 42.5 Å². The molecule has 10 heavy (non-hydrogen) atoms. The molecule has 1 aromatic rings. The molecular weight excluding hydrogens is 126 g/mol. The van der Waals surface area contributed by atoms with Crippen LogP contribution in [-0.4, -0.2) is 10.8 Å². The van der Waals surface area contributed by atoms with Crippen molar-refractivity contribution in [3.63, 3.8) is 0 Å². The molecule has 0 unspecified atom stereocenters. The van der Waals surface area contributed by atoms with Crippen LogP contribution in [0.15, 0.2) is 24.3 Å². The number of nitrogens with zero attached hydrogens (tertiary/aromatic N) is 1. The minimum absolute atomic E-state index is 0.113. The molecule has 2 heteroatoms. The van der Waals surface area contributed by atoms with Crippen molar-refractivity contribution in [2.24, 2.45) is 0 Å². The maximum Gasteiger partial charge on any atom is 0.121 e. The van der Waals surface area contributed by atoms with Gasteiger partial charge in [0.1, 0.15) is 5.75 Å². The first-order valence-corrected chi connectivity index (χ1v) is 3.02. The Labute approximate surface area is 59.6 Å². The van der Waals surface area contributed by atoms with Crippen molar-refractivity contribution < 1.29 is 5.11 Å². The van der Waals surface area contributed by atoms with Gasteiger partial charge in [-0.1, -0.05) is 25.1 Å². The fourth-order valence-electron chi connectivity index (χ4n) is 0.780. The molecule has 0 atom stereocenters. The van der Waals surface area contributed by atoms with Gasteiger partial charge in [0.25, 0.3) is 0 Å². The second-order valence-corrected chi connectivity index (χ2v) is 2.10. The van der Waals surface area contributed by atoms with Crippen LogP contribution in [0.1, 0.15) is 12.5 Å². The lowest BCUT2D eigenvalue weighted by Crippen LogP contribution is -1.89. The van der Waals surface area contributed by atoms with Crippen LogP contribution in [0.5, 0.6) is 5.75 Å². The number of rotatable bonds is 1. The van der Waals surface area contributed by atoms with E-state index in [1.165, 1.54) is 13.0 Å². The monoisotopic (exact) mass is 134 g/mol.